The number of H-pyrrole nitrogens is 1. The van der Waals surface area contributed by atoms with Crippen molar-refractivity contribution in [3.8, 4) is 0 Å². The predicted octanol–water partition coefficient (Wildman–Crippen LogP) is 4.44. The Hall–Kier alpha value is -2.85. The van der Waals surface area contributed by atoms with Crippen LogP contribution in [0.5, 0.6) is 0 Å². The van der Waals surface area contributed by atoms with Crippen molar-refractivity contribution in [2.75, 3.05) is 6.54 Å². The first kappa shape index (κ1) is 17.6. The van der Waals surface area contributed by atoms with E-state index in [4.69, 9.17) is 0 Å². The summed E-state index contributed by atoms with van der Waals surface area (Å²) < 4.78 is 1.96. The minimum atomic E-state index is 0.291. The summed E-state index contributed by atoms with van der Waals surface area (Å²) in [5.74, 6) is 0.291. The van der Waals surface area contributed by atoms with E-state index in [1.54, 1.807) is 0 Å². The SMILES string of the molecule is Cc1nn(C)c(C)c1CNCC(c1ccccc1)c1c[nH]c2ccccc12. The van der Waals surface area contributed by atoms with Gasteiger partial charge in [-0.25, -0.2) is 0 Å². The van der Waals surface area contributed by atoms with Gasteiger partial charge in [-0.3, -0.25) is 4.68 Å². The van der Waals surface area contributed by atoms with Crippen LogP contribution in [-0.2, 0) is 13.6 Å². The summed E-state index contributed by atoms with van der Waals surface area (Å²) in [5.41, 5.74) is 7.48. The Morgan fingerprint density at radius 1 is 1.04 bits per heavy atom. The molecule has 4 heteroatoms. The Balaban J connectivity index is 1.61. The molecule has 0 saturated heterocycles. The second-order valence-electron chi connectivity index (χ2n) is 7.16. The van der Waals surface area contributed by atoms with Gasteiger partial charge in [-0.05, 0) is 31.0 Å². The molecule has 138 valence electrons. The quantitative estimate of drug-likeness (QED) is 0.535. The molecule has 27 heavy (non-hydrogen) atoms. The molecule has 4 rings (SSSR count). The Bertz CT molecular complexity index is 1040. The Morgan fingerprint density at radius 3 is 2.52 bits per heavy atom. The van der Waals surface area contributed by atoms with Crippen molar-refractivity contribution < 1.29 is 0 Å². The molecule has 2 heterocycles. The molecular formula is C23H26N4. The van der Waals surface area contributed by atoms with Crippen LogP contribution in [0, 0.1) is 13.8 Å². The molecule has 2 aromatic heterocycles. The van der Waals surface area contributed by atoms with E-state index >= 15 is 0 Å². The van der Waals surface area contributed by atoms with Gasteiger partial charge in [-0.15, -0.1) is 0 Å². The van der Waals surface area contributed by atoms with Gasteiger partial charge in [-0.1, -0.05) is 48.5 Å². The number of benzene rings is 2. The van der Waals surface area contributed by atoms with Gasteiger partial charge in [0.05, 0.1) is 5.69 Å². The first-order valence-electron chi connectivity index (χ1n) is 9.46. The van der Waals surface area contributed by atoms with Crippen LogP contribution in [0.1, 0.15) is 34.0 Å². The number of aromatic nitrogens is 3. The highest BCUT2D eigenvalue weighted by atomic mass is 15.3. The highest BCUT2D eigenvalue weighted by molar-refractivity contribution is 5.84. The van der Waals surface area contributed by atoms with Crippen LogP contribution < -0.4 is 5.32 Å². The summed E-state index contributed by atoms with van der Waals surface area (Å²) in [5, 5.41) is 9.50. The maximum atomic E-state index is 4.53. The van der Waals surface area contributed by atoms with Gasteiger partial charge in [0.2, 0.25) is 0 Å². The molecular weight excluding hydrogens is 332 g/mol. The topological polar surface area (TPSA) is 45.6 Å². The Morgan fingerprint density at radius 2 is 1.78 bits per heavy atom. The number of aromatic amines is 1. The lowest BCUT2D eigenvalue weighted by Gasteiger charge is -2.18. The number of nitrogens with zero attached hydrogens (tertiary/aromatic N) is 2. The lowest BCUT2D eigenvalue weighted by molar-refractivity contribution is 0.634. The smallest absolute Gasteiger partial charge is 0.0641 e. The van der Waals surface area contributed by atoms with E-state index in [1.165, 1.54) is 33.3 Å². The van der Waals surface area contributed by atoms with Crippen molar-refractivity contribution in [2.45, 2.75) is 26.3 Å². The third-order valence-electron chi connectivity index (χ3n) is 5.51. The number of rotatable bonds is 6. The van der Waals surface area contributed by atoms with Crippen molar-refractivity contribution in [1.29, 1.82) is 0 Å². The minimum absolute atomic E-state index is 0.291. The lowest BCUT2D eigenvalue weighted by Crippen LogP contribution is -2.22. The number of hydrogen-bond donors (Lipinski definition) is 2. The second-order valence-corrected chi connectivity index (χ2v) is 7.16. The molecule has 0 saturated carbocycles. The Labute approximate surface area is 160 Å². The van der Waals surface area contributed by atoms with E-state index < -0.39 is 0 Å². The minimum Gasteiger partial charge on any atom is -0.361 e. The van der Waals surface area contributed by atoms with Crippen LogP contribution in [0.3, 0.4) is 0 Å². The van der Waals surface area contributed by atoms with Gasteiger partial charge >= 0.3 is 0 Å². The van der Waals surface area contributed by atoms with Crippen molar-refractivity contribution in [2.24, 2.45) is 7.05 Å². The molecule has 0 bridgehead atoms. The molecule has 4 aromatic rings. The zero-order valence-corrected chi connectivity index (χ0v) is 16.2. The van der Waals surface area contributed by atoms with Crippen LogP contribution in [0.25, 0.3) is 10.9 Å². The van der Waals surface area contributed by atoms with Gasteiger partial charge in [0.25, 0.3) is 0 Å². The maximum absolute atomic E-state index is 4.53. The third-order valence-corrected chi connectivity index (χ3v) is 5.51. The number of nitrogens with one attached hydrogen (secondary N) is 2. The fraction of sp³-hybridized carbons (Fsp3) is 0.261. The van der Waals surface area contributed by atoms with Gasteiger partial charge in [0, 0.05) is 54.4 Å². The van der Waals surface area contributed by atoms with Gasteiger partial charge in [0.15, 0.2) is 0 Å². The number of fused-ring (bicyclic) bond motifs is 1. The standard InChI is InChI=1S/C23H26N4/c1-16-20(17(2)27(3)26-16)13-24-14-21(18-9-5-4-6-10-18)22-15-25-23-12-8-7-11-19(22)23/h4-12,15,21,24-25H,13-14H2,1-3H3. The third kappa shape index (κ3) is 3.40. The average molecular weight is 358 g/mol. The molecule has 0 aliphatic heterocycles. The first-order chi connectivity index (χ1) is 13.1. The zero-order valence-electron chi connectivity index (χ0n) is 16.2. The second kappa shape index (κ2) is 7.41. The van der Waals surface area contributed by atoms with Crippen LogP contribution in [0.15, 0.2) is 60.8 Å². The Kier molecular flexibility index (Phi) is 4.82. The predicted molar refractivity (Wildman–Crippen MR) is 111 cm³/mol. The fourth-order valence-corrected chi connectivity index (χ4v) is 3.89. The van der Waals surface area contributed by atoms with Crippen molar-refractivity contribution >= 4 is 10.9 Å². The molecule has 2 N–H and O–H groups in total. The van der Waals surface area contributed by atoms with Crippen LogP contribution in [0.4, 0.5) is 0 Å². The molecule has 0 aliphatic carbocycles. The van der Waals surface area contributed by atoms with E-state index in [9.17, 15) is 0 Å². The van der Waals surface area contributed by atoms with E-state index in [0.29, 0.717) is 5.92 Å². The summed E-state index contributed by atoms with van der Waals surface area (Å²) in [7, 11) is 2.00. The number of aryl methyl sites for hydroxylation is 2. The molecule has 1 unspecified atom stereocenters. The van der Waals surface area contributed by atoms with Crippen molar-refractivity contribution in [3.05, 3.63) is 88.9 Å². The normalized spacial score (nSPS) is 12.6. The van der Waals surface area contributed by atoms with Gasteiger partial charge < -0.3 is 10.3 Å². The van der Waals surface area contributed by atoms with Crippen LogP contribution >= 0.6 is 0 Å². The maximum Gasteiger partial charge on any atom is 0.0641 e. The van der Waals surface area contributed by atoms with Crippen molar-refractivity contribution in [3.63, 3.8) is 0 Å². The highest BCUT2D eigenvalue weighted by Crippen LogP contribution is 2.30. The van der Waals surface area contributed by atoms with E-state index in [-0.39, 0.29) is 0 Å². The molecule has 0 aliphatic rings. The zero-order chi connectivity index (χ0) is 18.8. The highest BCUT2D eigenvalue weighted by Gasteiger charge is 2.18. The van der Waals surface area contributed by atoms with Gasteiger partial charge in [-0.2, -0.15) is 5.10 Å². The summed E-state index contributed by atoms with van der Waals surface area (Å²) in [4.78, 5) is 3.43. The monoisotopic (exact) mass is 358 g/mol. The van der Waals surface area contributed by atoms with E-state index in [2.05, 4.69) is 90.0 Å². The van der Waals surface area contributed by atoms with Crippen molar-refractivity contribution in [1.82, 2.24) is 20.1 Å². The molecule has 1 atom stereocenters. The van der Waals surface area contributed by atoms with Crippen LogP contribution in [0.2, 0.25) is 0 Å². The summed E-state index contributed by atoms with van der Waals surface area (Å²) in [6, 6.07) is 19.3. The van der Waals surface area contributed by atoms with E-state index in [1.807, 2.05) is 11.7 Å². The average Bonchev–Trinajstić information content (AvgIpc) is 3.21. The molecule has 0 amide bonds. The molecule has 0 spiro atoms. The van der Waals surface area contributed by atoms with Crippen LogP contribution in [-0.4, -0.2) is 21.3 Å². The summed E-state index contributed by atoms with van der Waals surface area (Å²) >= 11 is 0. The largest absolute Gasteiger partial charge is 0.361 e. The lowest BCUT2D eigenvalue weighted by atomic mass is 9.91. The summed E-state index contributed by atoms with van der Waals surface area (Å²) in [6.45, 7) is 5.92. The molecule has 0 radical (unpaired) electrons. The molecule has 4 nitrogen and oxygen atoms in total. The van der Waals surface area contributed by atoms with Gasteiger partial charge in [0.1, 0.15) is 0 Å². The molecule has 0 fully saturated rings. The fourth-order valence-electron chi connectivity index (χ4n) is 3.89. The number of hydrogen-bond acceptors (Lipinski definition) is 2. The summed E-state index contributed by atoms with van der Waals surface area (Å²) in [6.07, 6.45) is 2.16. The van der Waals surface area contributed by atoms with E-state index in [0.717, 1.165) is 18.8 Å². The first-order valence-corrected chi connectivity index (χ1v) is 9.46. The molecule has 2 aromatic carbocycles. The number of para-hydroxylation sites is 1.